The third kappa shape index (κ3) is 4.74. The summed E-state index contributed by atoms with van der Waals surface area (Å²) >= 11 is 0. The topological polar surface area (TPSA) is 66.4 Å². The van der Waals surface area contributed by atoms with Gasteiger partial charge in [-0.1, -0.05) is 43.3 Å². The minimum absolute atomic E-state index is 0.0301. The Kier molecular flexibility index (Phi) is 6.50. The molecule has 2 aromatic carbocycles. The summed E-state index contributed by atoms with van der Waals surface area (Å²) in [7, 11) is -1.15. The second kappa shape index (κ2) is 8.60. The number of rotatable bonds is 7. The summed E-state index contributed by atoms with van der Waals surface area (Å²) in [6.45, 7) is 2.37. The lowest BCUT2D eigenvalue weighted by Gasteiger charge is -2.09. The zero-order valence-corrected chi connectivity index (χ0v) is 13.9. The van der Waals surface area contributed by atoms with Gasteiger partial charge in [0, 0.05) is 12.3 Å². The molecular weight excluding hydrogens is 310 g/mol. The van der Waals surface area contributed by atoms with Gasteiger partial charge < -0.3 is 10.4 Å². The molecule has 5 heteroatoms. The quantitative estimate of drug-likeness (QED) is 0.818. The lowest BCUT2D eigenvalue weighted by molar-refractivity contribution is 0.0951. The van der Waals surface area contributed by atoms with Crippen LogP contribution in [-0.2, 0) is 23.8 Å². The van der Waals surface area contributed by atoms with Crippen LogP contribution in [0.1, 0.15) is 28.4 Å². The molecule has 23 heavy (non-hydrogen) atoms. The largest absolute Gasteiger partial charge is 0.392 e. The Balaban J connectivity index is 1.96. The van der Waals surface area contributed by atoms with Crippen molar-refractivity contribution in [2.24, 2.45) is 0 Å². The molecule has 0 aliphatic heterocycles. The number of carbonyl (C=O) groups is 1. The van der Waals surface area contributed by atoms with Crippen molar-refractivity contribution in [1.82, 2.24) is 5.32 Å². The van der Waals surface area contributed by atoms with Crippen LogP contribution < -0.4 is 5.32 Å². The van der Waals surface area contributed by atoms with Gasteiger partial charge in [0.1, 0.15) is 0 Å². The predicted octanol–water partition coefficient (Wildman–Crippen LogP) is 2.28. The third-order valence-corrected chi connectivity index (χ3v) is 4.91. The van der Waals surface area contributed by atoms with Crippen LogP contribution >= 0.6 is 0 Å². The normalized spacial score (nSPS) is 11.9. The maximum absolute atomic E-state index is 12.3. The summed E-state index contributed by atoms with van der Waals surface area (Å²) < 4.78 is 12.0. The summed E-state index contributed by atoms with van der Waals surface area (Å²) in [5, 5.41) is 11.9. The summed E-state index contributed by atoms with van der Waals surface area (Å²) in [6, 6.07) is 14.6. The van der Waals surface area contributed by atoms with Crippen molar-refractivity contribution in [2.45, 2.75) is 24.8 Å². The lowest BCUT2D eigenvalue weighted by Crippen LogP contribution is -2.26. The van der Waals surface area contributed by atoms with Crippen LogP contribution in [0.25, 0.3) is 0 Å². The summed E-state index contributed by atoms with van der Waals surface area (Å²) in [4.78, 5) is 12.9. The van der Waals surface area contributed by atoms with E-state index in [4.69, 9.17) is 5.11 Å². The van der Waals surface area contributed by atoms with Gasteiger partial charge in [-0.3, -0.25) is 9.00 Å². The Morgan fingerprint density at radius 1 is 1.09 bits per heavy atom. The van der Waals surface area contributed by atoms with E-state index in [1.807, 2.05) is 31.2 Å². The lowest BCUT2D eigenvalue weighted by atomic mass is 10.1. The van der Waals surface area contributed by atoms with Gasteiger partial charge in [0.15, 0.2) is 0 Å². The minimum Gasteiger partial charge on any atom is -0.392 e. The van der Waals surface area contributed by atoms with E-state index >= 15 is 0 Å². The van der Waals surface area contributed by atoms with Crippen molar-refractivity contribution in [1.29, 1.82) is 0 Å². The summed E-state index contributed by atoms with van der Waals surface area (Å²) in [5.74, 6) is 0.288. The molecule has 2 aromatic rings. The van der Waals surface area contributed by atoms with E-state index in [9.17, 15) is 9.00 Å². The smallest absolute Gasteiger partial charge is 0.252 e. The number of carbonyl (C=O) groups excluding carboxylic acids is 1. The predicted molar refractivity (Wildman–Crippen MR) is 91.8 cm³/mol. The SMILES string of the molecule is CCS(=O)c1ccccc1C(=O)NCCc1ccc(CO)cc1. The fourth-order valence-electron chi connectivity index (χ4n) is 2.24. The Labute approximate surface area is 139 Å². The van der Waals surface area contributed by atoms with E-state index < -0.39 is 10.8 Å². The highest BCUT2D eigenvalue weighted by molar-refractivity contribution is 7.85. The number of aliphatic hydroxyl groups excluding tert-OH is 1. The molecule has 1 atom stereocenters. The molecule has 0 radical (unpaired) electrons. The van der Waals surface area contributed by atoms with Gasteiger partial charge in [-0.05, 0) is 29.7 Å². The molecule has 0 heterocycles. The Bertz CT molecular complexity index is 683. The van der Waals surface area contributed by atoms with Gasteiger partial charge in [-0.15, -0.1) is 0 Å². The molecule has 0 aliphatic carbocycles. The number of hydrogen-bond acceptors (Lipinski definition) is 3. The van der Waals surface area contributed by atoms with Crippen molar-refractivity contribution in [3.8, 4) is 0 Å². The Morgan fingerprint density at radius 3 is 2.39 bits per heavy atom. The fourth-order valence-corrected chi connectivity index (χ4v) is 3.18. The third-order valence-electron chi connectivity index (χ3n) is 3.54. The molecule has 0 aromatic heterocycles. The highest BCUT2D eigenvalue weighted by atomic mass is 32.2. The summed E-state index contributed by atoms with van der Waals surface area (Å²) in [6.07, 6.45) is 0.705. The molecular formula is C18H21NO3S. The van der Waals surface area contributed by atoms with E-state index in [-0.39, 0.29) is 12.5 Å². The number of hydrogen-bond donors (Lipinski definition) is 2. The van der Waals surface area contributed by atoms with Crippen LogP contribution in [-0.4, -0.2) is 27.5 Å². The van der Waals surface area contributed by atoms with Crippen LogP contribution in [0.2, 0.25) is 0 Å². The number of nitrogens with one attached hydrogen (secondary N) is 1. The van der Waals surface area contributed by atoms with Crippen molar-refractivity contribution >= 4 is 16.7 Å². The molecule has 0 bridgehead atoms. The van der Waals surface area contributed by atoms with Crippen LogP contribution in [0.5, 0.6) is 0 Å². The van der Waals surface area contributed by atoms with Gasteiger partial charge in [0.25, 0.3) is 5.91 Å². The molecule has 0 fully saturated rings. The van der Waals surface area contributed by atoms with Crippen LogP contribution in [0.3, 0.4) is 0 Å². The molecule has 0 spiro atoms. The van der Waals surface area contributed by atoms with Crippen LogP contribution in [0, 0.1) is 0 Å². The maximum Gasteiger partial charge on any atom is 0.252 e. The fraction of sp³-hybridized carbons (Fsp3) is 0.278. The monoisotopic (exact) mass is 331 g/mol. The van der Waals surface area contributed by atoms with E-state index in [0.29, 0.717) is 29.2 Å². The number of aliphatic hydroxyl groups is 1. The van der Waals surface area contributed by atoms with Gasteiger partial charge in [0.05, 0.1) is 27.9 Å². The highest BCUT2D eigenvalue weighted by Gasteiger charge is 2.13. The van der Waals surface area contributed by atoms with Crippen LogP contribution in [0.4, 0.5) is 0 Å². The second-order valence-electron chi connectivity index (χ2n) is 5.11. The number of benzene rings is 2. The molecule has 1 unspecified atom stereocenters. The van der Waals surface area contributed by atoms with Crippen molar-refractivity contribution < 1.29 is 14.1 Å². The zero-order valence-electron chi connectivity index (χ0n) is 13.1. The molecule has 0 saturated carbocycles. The first-order valence-electron chi connectivity index (χ1n) is 7.60. The van der Waals surface area contributed by atoms with E-state index in [0.717, 1.165) is 11.1 Å². The summed E-state index contributed by atoms with van der Waals surface area (Å²) in [5.41, 5.74) is 2.44. The van der Waals surface area contributed by atoms with Gasteiger partial charge in [0.2, 0.25) is 0 Å². The number of amides is 1. The Hall–Kier alpha value is -1.98. The average Bonchev–Trinajstić information content (AvgIpc) is 2.61. The first-order valence-corrected chi connectivity index (χ1v) is 8.92. The van der Waals surface area contributed by atoms with E-state index in [1.165, 1.54) is 0 Å². The van der Waals surface area contributed by atoms with Gasteiger partial charge in [-0.25, -0.2) is 0 Å². The van der Waals surface area contributed by atoms with Gasteiger partial charge >= 0.3 is 0 Å². The first-order chi connectivity index (χ1) is 11.2. The first kappa shape index (κ1) is 17.4. The molecule has 0 saturated heterocycles. The van der Waals surface area contributed by atoms with Crippen molar-refractivity contribution in [3.05, 3.63) is 65.2 Å². The average molecular weight is 331 g/mol. The highest BCUT2D eigenvalue weighted by Crippen LogP contribution is 2.14. The molecule has 0 aliphatic rings. The molecule has 4 nitrogen and oxygen atoms in total. The molecule has 1 amide bonds. The van der Waals surface area contributed by atoms with Crippen molar-refractivity contribution in [3.63, 3.8) is 0 Å². The van der Waals surface area contributed by atoms with E-state index in [2.05, 4.69) is 5.32 Å². The molecule has 2 rings (SSSR count). The van der Waals surface area contributed by atoms with Crippen LogP contribution in [0.15, 0.2) is 53.4 Å². The maximum atomic E-state index is 12.3. The molecule has 2 N–H and O–H groups in total. The zero-order chi connectivity index (χ0) is 16.7. The standard InChI is InChI=1S/C18H21NO3S/c1-2-23(22)17-6-4-3-5-16(17)18(21)19-12-11-14-7-9-15(13-20)10-8-14/h3-10,20H,2,11-13H2,1H3,(H,19,21). The second-order valence-corrected chi connectivity index (χ2v) is 6.82. The molecule has 122 valence electrons. The van der Waals surface area contributed by atoms with E-state index in [1.54, 1.807) is 24.3 Å². The minimum atomic E-state index is -1.15. The Morgan fingerprint density at radius 2 is 1.74 bits per heavy atom. The van der Waals surface area contributed by atoms with Crippen molar-refractivity contribution in [2.75, 3.05) is 12.3 Å². The van der Waals surface area contributed by atoms with Gasteiger partial charge in [-0.2, -0.15) is 0 Å².